The van der Waals surface area contributed by atoms with Crippen LogP contribution in [0.5, 0.6) is 0 Å². The molecular weight excluding hydrogens is 576 g/mol. The first kappa shape index (κ1) is 26.7. The number of carbonyl (C=O) groups excluding carboxylic acids is 1. The van der Waals surface area contributed by atoms with Crippen molar-refractivity contribution in [2.75, 3.05) is 10.8 Å². The summed E-state index contributed by atoms with van der Waals surface area (Å²) in [6.45, 7) is 3.48. The van der Waals surface area contributed by atoms with E-state index in [-0.39, 0.29) is 4.90 Å². The van der Waals surface area contributed by atoms with Crippen molar-refractivity contribution in [2.24, 2.45) is 5.10 Å². The molecule has 37 heavy (non-hydrogen) atoms. The lowest BCUT2D eigenvalue weighted by Crippen LogP contribution is -2.39. The van der Waals surface area contributed by atoms with Gasteiger partial charge in [-0.1, -0.05) is 51.8 Å². The lowest BCUT2D eigenvalue weighted by molar-refractivity contribution is -0.119. The van der Waals surface area contributed by atoms with Crippen LogP contribution in [0.25, 0.3) is 5.69 Å². The van der Waals surface area contributed by atoms with Crippen LogP contribution in [0, 0.1) is 13.8 Å². The minimum Gasteiger partial charge on any atom is -0.318 e. The van der Waals surface area contributed by atoms with Crippen LogP contribution in [0.15, 0.2) is 99.4 Å². The van der Waals surface area contributed by atoms with Gasteiger partial charge in [0.1, 0.15) is 6.54 Å². The largest absolute Gasteiger partial charge is 0.318 e. The van der Waals surface area contributed by atoms with Crippen LogP contribution < -0.4 is 9.73 Å². The summed E-state index contributed by atoms with van der Waals surface area (Å²) >= 11 is 9.38. The van der Waals surface area contributed by atoms with Crippen LogP contribution in [-0.4, -0.2) is 31.7 Å². The summed E-state index contributed by atoms with van der Waals surface area (Å²) in [6, 6.07) is 24.2. The molecule has 1 amide bonds. The third kappa shape index (κ3) is 6.12. The topological polar surface area (TPSA) is 83.8 Å². The number of hydrazone groups is 1. The second-order valence-electron chi connectivity index (χ2n) is 8.24. The number of carbonyl (C=O) groups is 1. The molecule has 0 atom stereocenters. The first-order valence-corrected chi connectivity index (χ1v) is 13.9. The fraction of sp³-hybridized carbons (Fsp3) is 0.111. The summed E-state index contributed by atoms with van der Waals surface area (Å²) < 4.78 is 30.6. The number of sulfonamides is 1. The van der Waals surface area contributed by atoms with Crippen molar-refractivity contribution in [3.05, 3.63) is 111 Å². The van der Waals surface area contributed by atoms with Crippen molar-refractivity contribution < 1.29 is 13.2 Å². The minimum absolute atomic E-state index is 0.0842. The molecule has 0 saturated carbocycles. The van der Waals surface area contributed by atoms with Gasteiger partial charge in [-0.2, -0.15) is 5.10 Å². The lowest BCUT2D eigenvalue weighted by atomic mass is 10.2. The molecule has 0 fully saturated rings. The monoisotopic (exact) mass is 598 g/mol. The highest BCUT2D eigenvalue weighted by atomic mass is 79.9. The minimum atomic E-state index is -4.00. The van der Waals surface area contributed by atoms with Gasteiger partial charge in [-0.15, -0.1) is 0 Å². The highest BCUT2D eigenvalue weighted by Crippen LogP contribution is 2.26. The summed E-state index contributed by atoms with van der Waals surface area (Å²) in [6.07, 6.45) is 1.54. The fourth-order valence-corrected chi connectivity index (χ4v) is 5.86. The van der Waals surface area contributed by atoms with Gasteiger partial charge in [0.2, 0.25) is 0 Å². The quantitative estimate of drug-likeness (QED) is 0.204. The second kappa shape index (κ2) is 11.3. The molecule has 0 aliphatic rings. The van der Waals surface area contributed by atoms with Crippen molar-refractivity contribution >= 4 is 55.4 Å². The number of halogens is 2. The van der Waals surface area contributed by atoms with Crippen molar-refractivity contribution in [1.82, 2.24) is 9.99 Å². The Morgan fingerprint density at radius 2 is 1.73 bits per heavy atom. The van der Waals surface area contributed by atoms with Gasteiger partial charge in [0.25, 0.3) is 15.9 Å². The Bertz CT molecular complexity index is 1550. The van der Waals surface area contributed by atoms with Crippen LogP contribution in [0.3, 0.4) is 0 Å². The summed E-state index contributed by atoms with van der Waals surface area (Å²) in [5, 5.41) is 4.75. The van der Waals surface area contributed by atoms with Crippen molar-refractivity contribution in [3.63, 3.8) is 0 Å². The van der Waals surface area contributed by atoms with Crippen LogP contribution in [-0.2, 0) is 14.8 Å². The number of rotatable bonds is 8. The van der Waals surface area contributed by atoms with E-state index in [2.05, 4.69) is 31.0 Å². The molecule has 0 unspecified atom stereocenters. The van der Waals surface area contributed by atoms with E-state index in [9.17, 15) is 13.2 Å². The smallest absolute Gasteiger partial charge is 0.264 e. The van der Waals surface area contributed by atoms with E-state index < -0.39 is 22.5 Å². The van der Waals surface area contributed by atoms with Gasteiger partial charge in [0.05, 0.1) is 16.8 Å². The Labute approximate surface area is 229 Å². The number of amides is 1. The Morgan fingerprint density at radius 3 is 2.41 bits per heavy atom. The number of hydrogen-bond acceptors (Lipinski definition) is 4. The predicted octanol–water partition coefficient (Wildman–Crippen LogP) is 5.86. The maximum atomic E-state index is 13.4. The maximum Gasteiger partial charge on any atom is 0.264 e. The Balaban J connectivity index is 1.54. The van der Waals surface area contributed by atoms with Crippen LogP contribution in [0.1, 0.15) is 17.0 Å². The summed E-state index contributed by atoms with van der Waals surface area (Å²) in [7, 11) is -4.00. The molecule has 1 aromatic heterocycles. The van der Waals surface area contributed by atoms with Gasteiger partial charge >= 0.3 is 0 Å². The number of anilines is 1. The van der Waals surface area contributed by atoms with E-state index in [0.717, 1.165) is 26.9 Å². The first-order chi connectivity index (χ1) is 17.7. The SMILES string of the molecule is Cc1cc(/C=N/NC(=O)CN(c2cccc(Br)c2)S(=O)(=O)c2ccccc2)c(C)n1-c1ccc(Cl)cc1. The molecule has 7 nitrogen and oxygen atoms in total. The molecular formula is C27H24BrClN4O3S. The average molecular weight is 600 g/mol. The molecule has 0 saturated heterocycles. The van der Waals surface area contributed by atoms with Gasteiger partial charge in [-0.05, 0) is 74.5 Å². The Kier molecular flexibility index (Phi) is 8.16. The molecule has 3 aromatic carbocycles. The van der Waals surface area contributed by atoms with Crippen LogP contribution in [0.4, 0.5) is 5.69 Å². The van der Waals surface area contributed by atoms with Crippen LogP contribution in [0.2, 0.25) is 5.02 Å². The van der Waals surface area contributed by atoms with Crippen LogP contribution >= 0.6 is 27.5 Å². The number of aromatic nitrogens is 1. The maximum absolute atomic E-state index is 13.4. The second-order valence-corrected chi connectivity index (χ2v) is 11.5. The van der Waals surface area contributed by atoms with E-state index in [4.69, 9.17) is 11.6 Å². The number of nitrogens with one attached hydrogen (secondary N) is 1. The number of benzene rings is 3. The number of nitrogens with zero attached hydrogens (tertiary/aromatic N) is 3. The Morgan fingerprint density at radius 1 is 1.03 bits per heavy atom. The highest BCUT2D eigenvalue weighted by Gasteiger charge is 2.27. The summed E-state index contributed by atoms with van der Waals surface area (Å²) in [5.74, 6) is -0.581. The lowest BCUT2D eigenvalue weighted by Gasteiger charge is -2.23. The molecule has 190 valence electrons. The molecule has 0 aliphatic heterocycles. The molecule has 1 heterocycles. The average Bonchev–Trinajstić information content (AvgIpc) is 3.16. The third-order valence-corrected chi connectivity index (χ3v) is 8.20. The normalized spacial score (nSPS) is 11.6. The molecule has 0 spiro atoms. The fourth-order valence-electron chi connectivity index (χ4n) is 3.91. The van der Waals surface area contributed by atoms with E-state index in [0.29, 0.717) is 15.2 Å². The third-order valence-electron chi connectivity index (χ3n) is 5.66. The highest BCUT2D eigenvalue weighted by molar-refractivity contribution is 9.10. The zero-order valence-corrected chi connectivity index (χ0v) is 23.3. The molecule has 0 radical (unpaired) electrons. The van der Waals surface area contributed by atoms with Crippen molar-refractivity contribution in [3.8, 4) is 5.69 Å². The van der Waals surface area contributed by atoms with Gasteiger partial charge in [-0.3, -0.25) is 9.10 Å². The van der Waals surface area contributed by atoms with E-state index in [1.54, 1.807) is 48.7 Å². The number of hydrogen-bond donors (Lipinski definition) is 1. The van der Waals surface area contributed by atoms with E-state index in [1.807, 2.05) is 44.2 Å². The van der Waals surface area contributed by atoms with E-state index in [1.165, 1.54) is 12.1 Å². The molecule has 1 N–H and O–H groups in total. The Hall–Kier alpha value is -3.40. The predicted molar refractivity (Wildman–Crippen MR) is 151 cm³/mol. The van der Waals surface area contributed by atoms with Gasteiger partial charge in [-0.25, -0.2) is 13.8 Å². The van der Waals surface area contributed by atoms with Gasteiger partial charge < -0.3 is 4.57 Å². The molecule has 4 aromatic rings. The van der Waals surface area contributed by atoms with Crippen molar-refractivity contribution in [1.29, 1.82) is 0 Å². The van der Waals surface area contributed by atoms with Gasteiger partial charge in [0.15, 0.2) is 0 Å². The molecule has 0 bridgehead atoms. The zero-order chi connectivity index (χ0) is 26.6. The first-order valence-electron chi connectivity index (χ1n) is 11.3. The van der Waals surface area contributed by atoms with Crippen molar-refractivity contribution in [2.45, 2.75) is 18.7 Å². The van der Waals surface area contributed by atoms with Gasteiger partial charge in [0, 0.05) is 32.1 Å². The molecule has 4 rings (SSSR count). The van der Waals surface area contributed by atoms with E-state index >= 15 is 0 Å². The molecule has 0 aliphatic carbocycles. The zero-order valence-electron chi connectivity index (χ0n) is 20.1. The number of aryl methyl sites for hydroxylation is 1. The summed E-state index contributed by atoms with van der Waals surface area (Å²) in [4.78, 5) is 12.9. The molecule has 10 heteroatoms. The standard InChI is InChI=1S/C27H24BrClN4O3S/c1-19-15-21(20(2)33(19)24-13-11-23(29)12-14-24)17-30-31-27(34)18-32(25-8-6-7-22(28)16-25)37(35,36)26-9-4-3-5-10-26/h3-17H,18H2,1-2H3,(H,31,34)/b30-17+. The summed E-state index contributed by atoms with van der Waals surface area (Å²) in [5.41, 5.74) is 6.50.